The summed E-state index contributed by atoms with van der Waals surface area (Å²) in [6, 6.07) is 8.48. The minimum Gasteiger partial charge on any atom is -0.495 e. The fraction of sp³-hybridized carbons (Fsp3) is 0.0952. The molecule has 0 aromatic heterocycles. The highest BCUT2D eigenvalue weighted by atomic mass is 35.5. The number of benzene rings is 2. The first kappa shape index (κ1) is 22.3. The van der Waals surface area contributed by atoms with E-state index in [0.29, 0.717) is 10.8 Å². The second-order valence-electron chi connectivity index (χ2n) is 5.70. The molecule has 2 rings (SSSR count). The minimum absolute atomic E-state index is 0.00486. The number of hydrogen-bond acceptors (Lipinski definition) is 4. The van der Waals surface area contributed by atoms with Gasteiger partial charge in [-0.05, 0) is 30.3 Å². The number of nitrogens with two attached hydrogens (primary N) is 1. The fourth-order valence-corrected chi connectivity index (χ4v) is 2.75. The van der Waals surface area contributed by atoms with Crippen LogP contribution in [0.1, 0.15) is 0 Å². The Bertz CT molecular complexity index is 990. The van der Waals surface area contributed by atoms with Gasteiger partial charge in [0.25, 0.3) is 5.91 Å². The Morgan fingerprint density at radius 3 is 2.55 bits per heavy atom. The van der Waals surface area contributed by atoms with Crippen molar-refractivity contribution in [1.29, 1.82) is 0 Å². The predicted molar refractivity (Wildman–Crippen MR) is 114 cm³/mol. The summed E-state index contributed by atoms with van der Waals surface area (Å²) in [7, 11) is 2.88. The first-order chi connectivity index (χ1) is 13.8. The van der Waals surface area contributed by atoms with Crippen molar-refractivity contribution in [3.05, 3.63) is 88.5 Å². The van der Waals surface area contributed by atoms with Crippen LogP contribution in [0.3, 0.4) is 0 Å². The molecule has 2 aromatic carbocycles. The van der Waals surface area contributed by atoms with E-state index in [-0.39, 0.29) is 27.8 Å². The Morgan fingerprint density at radius 1 is 1.21 bits per heavy atom. The number of methoxy groups -OCH3 is 1. The number of carbonyl (C=O) groups is 1. The van der Waals surface area contributed by atoms with E-state index in [2.05, 4.69) is 6.58 Å². The van der Waals surface area contributed by atoms with Crippen LogP contribution in [-0.2, 0) is 4.79 Å². The molecular weight excluding hydrogens is 418 g/mol. The molecule has 0 aliphatic rings. The Labute approximate surface area is 178 Å². The van der Waals surface area contributed by atoms with Gasteiger partial charge >= 0.3 is 0 Å². The lowest BCUT2D eigenvalue weighted by molar-refractivity contribution is -0.114. The van der Waals surface area contributed by atoms with Crippen LogP contribution in [0, 0.1) is 5.82 Å². The number of ether oxygens (including phenoxy) is 2. The molecule has 2 aromatic rings. The third-order valence-corrected chi connectivity index (χ3v) is 4.40. The van der Waals surface area contributed by atoms with Crippen LogP contribution < -0.4 is 20.1 Å². The van der Waals surface area contributed by atoms with E-state index in [4.69, 9.17) is 38.4 Å². The van der Waals surface area contributed by atoms with Crippen LogP contribution in [0.25, 0.3) is 0 Å². The molecule has 0 spiro atoms. The molecule has 0 aliphatic carbocycles. The van der Waals surface area contributed by atoms with Gasteiger partial charge in [0.05, 0.1) is 23.4 Å². The smallest absolute Gasteiger partial charge is 0.263 e. The normalized spacial score (nSPS) is 11.8. The van der Waals surface area contributed by atoms with Gasteiger partial charge in [-0.15, -0.1) is 0 Å². The molecule has 29 heavy (non-hydrogen) atoms. The fourth-order valence-electron chi connectivity index (χ4n) is 2.43. The van der Waals surface area contributed by atoms with Crippen LogP contribution in [0.5, 0.6) is 11.5 Å². The van der Waals surface area contributed by atoms with Crippen LogP contribution in [0.15, 0.2) is 72.7 Å². The zero-order valence-corrected chi connectivity index (χ0v) is 17.3. The van der Waals surface area contributed by atoms with Crippen LogP contribution in [0.4, 0.5) is 10.1 Å². The van der Waals surface area contributed by atoms with E-state index in [1.54, 1.807) is 12.1 Å². The standard InChI is InChI=1S/C21H19Cl2FN2O3/c1-4-5-18(29-20-10-13(22)6-8-16(20)23)15(12-25)21(27)26(2)17-11-14(24)7-9-19(17)28-3/h4-12H,1,25H2,2-3H3/b15-12+,18-5+. The number of amides is 1. The Hall–Kier alpha value is -2.96. The van der Waals surface area contributed by atoms with Gasteiger partial charge in [0.15, 0.2) is 0 Å². The predicted octanol–water partition coefficient (Wildman–Crippen LogP) is 5.10. The van der Waals surface area contributed by atoms with Crippen molar-refractivity contribution < 1.29 is 18.7 Å². The summed E-state index contributed by atoms with van der Waals surface area (Å²) in [5.41, 5.74) is 5.93. The van der Waals surface area contributed by atoms with Gasteiger partial charge in [0, 0.05) is 30.4 Å². The maximum atomic E-state index is 13.7. The van der Waals surface area contributed by atoms with Crippen molar-refractivity contribution in [3.63, 3.8) is 0 Å². The Morgan fingerprint density at radius 2 is 1.93 bits per heavy atom. The maximum Gasteiger partial charge on any atom is 0.263 e. The molecule has 152 valence electrons. The lowest BCUT2D eigenvalue weighted by Gasteiger charge is -2.22. The van der Waals surface area contributed by atoms with Crippen LogP contribution in [0.2, 0.25) is 10.0 Å². The molecule has 0 bridgehead atoms. The molecular formula is C21H19Cl2FN2O3. The molecule has 2 N–H and O–H groups in total. The van der Waals surface area contributed by atoms with Crippen LogP contribution >= 0.6 is 23.2 Å². The highest BCUT2D eigenvalue weighted by molar-refractivity contribution is 6.34. The van der Waals surface area contributed by atoms with E-state index in [9.17, 15) is 9.18 Å². The first-order valence-electron chi connectivity index (χ1n) is 8.31. The van der Waals surface area contributed by atoms with Crippen molar-refractivity contribution in [2.45, 2.75) is 0 Å². The Balaban J connectivity index is 2.42. The SMILES string of the molecule is C=C/C=C(Oc1cc(Cl)ccc1Cl)\C(=C/N)C(=O)N(C)c1cc(F)ccc1OC. The van der Waals surface area contributed by atoms with Gasteiger partial charge in [0.1, 0.15) is 23.1 Å². The van der Waals surface area contributed by atoms with Gasteiger partial charge in [-0.25, -0.2) is 4.39 Å². The largest absolute Gasteiger partial charge is 0.495 e. The van der Waals surface area contributed by atoms with Gasteiger partial charge in [-0.1, -0.05) is 35.9 Å². The van der Waals surface area contributed by atoms with Crippen molar-refractivity contribution >= 4 is 34.8 Å². The maximum absolute atomic E-state index is 13.7. The molecule has 0 saturated carbocycles. The number of allylic oxidation sites excluding steroid dienone is 2. The van der Waals surface area contributed by atoms with Gasteiger partial charge in [0.2, 0.25) is 0 Å². The van der Waals surface area contributed by atoms with E-state index < -0.39 is 11.7 Å². The molecule has 0 radical (unpaired) electrons. The molecule has 1 amide bonds. The lowest BCUT2D eigenvalue weighted by Crippen LogP contribution is -2.30. The minimum atomic E-state index is -0.567. The molecule has 5 nitrogen and oxygen atoms in total. The number of halogens is 3. The number of anilines is 1. The number of carbonyl (C=O) groups excluding carboxylic acids is 1. The molecule has 0 aliphatic heterocycles. The number of likely N-dealkylation sites (N-methyl/N-ethyl adjacent to an activating group) is 1. The Kier molecular flexibility index (Phi) is 7.70. The molecule has 0 saturated heterocycles. The van der Waals surface area contributed by atoms with E-state index in [0.717, 1.165) is 6.20 Å². The molecule has 0 atom stereocenters. The molecule has 0 unspecified atom stereocenters. The molecule has 0 heterocycles. The summed E-state index contributed by atoms with van der Waals surface area (Å²) < 4.78 is 24.7. The van der Waals surface area contributed by atoms with Gasteiger partial charge in [-0.3, -0.25) is 4.79 Å². The summed E-state index contributed by atoms with van der Waals surface area (Å²) in [5.74, 6) is -0.471. The van der Waals surface area contributed by atoms with E-state index in [1.165, 1.54) is 55.5 Å². The molecule has 0 fully saturated rings. The summed E-state index contributed by atoms with van der Waals surface area (Å²) in [6.07, 6.45) is 3.95. The van der Waals surface area contributed by atoms with Gasteiger partial charge in [-0.2, -0.15) is 0 Å². The van der Waals surface area contributed by atoms with Crippen molar-refractivity contribution in [1.82, 2.24) is 0 Å². The highest BCUT2D eigenvalue weighted by Crippen LogP contribution is 2.33. The average molecular weight is 437 g/mol. The quantitative estimate of drug-likeness (QED) is 0.372. The summed E-state index contributed by atoms with van der Waals surface area (Å²) in [4.78, 5) is 14.3. The second kappa shape index (κ2) is 10.0. The monoisotopic (exact) mass is 436 g/mol. The first-order valence-corrected chi connectivity index (χ1v) is 9.07. The van der Waals surface area contributed by atoms with Gasteiger partial charge < -0.3 is 20.1 Å². The second-order valence-corrected chi connectivity index (χ2v) is 6.55. The van der Waals surface area contributed by atoms with Crippen molar-refractivity contribution in [2.24, 2.45) is 5.73 Å². The zero-order valence-electron chi connectivity index (χ0n) is 15.8. The summed E-state index contributed by atoms with van der Waals surface area (Å²) >= 11 is 12.1. The van der Waals surface area contributed by atoms with Crippen LogP contribution in [-0.4, -0.2) is 20.1 Å². The third kappa shape index (κ3) is 5.31. The summed E-state index contributed by atoms with van der Waals surface area (Å²) in [5, 5.41) is 0.682. The van der Waals surface area contributed by atoms with E-state index in [1.807, 2.05) is 0 Å². The topological polar surface area (TPSA) is 64.8 Å². The number of hydrogen-bond donors (Lipinski definition) is 1. The van der Waals surface area contributed by atoms with E-state index >= 15 is 0 Å². The zero-order chi connectivity index (χ0) is 21.6. The van der Waals surface area contributed by atoms with Crippen molar-refractivity contribution in [3.8, 4) is 11.5 Å². The third-order valence-electron chi connectivity index (χ3n) is 3.85. The highest BCUT2D eigenvalue weighted by Gasteiger charge is 2.24. The average Bonchev–Trinajstić information content (AvgIpc) is 2.70. The summed E-state index contributed by atoms with van der Waals surface area (Å²) in [6.45, 7) is 3.62. The van der Waals surface area contributed by atoms with Crippen molar-refractivity contribution in [2.75, 3.05) is 19.1 Å². The number of nitrogens with zero attached hydrogens (tertiary/aromatic N) is 1. The number of rotatable bonds is 7. The lowest BCUT2D eigenvalue weighted by atomic mass is 10.1. The molecule has 8 heteroatoms.